The Morgan fingerprint density at radius 1 is 0.925 bits per heavy atom. The van der Waals surface area contributed by atoms with E-state index in [0.717, 1.165) is 76.5 Å². The minimum absolute atomic E-state index is 0.00709. The summed E-state index contributed by atoms with van der Waals surface area (Å²) in [5, 5.41) is 22.1. The summed E-state index contributed by atoms with van der Waals surface area (Å²) in [6.45, 7) is 22.2. The van der Waals surface area contributed by atoms with E-state index in [9.17, 15) is 24.6 Å². The Morgan fingerprint density at radius 3 is 2.30 bits per heavy atom. The molecule has 7 heteroatoms. The Kier molecular flexibility index (Phi) is 9.53. The first-order valence-electron chi connectivity index (χ1n) is 20.9. The third-order valence-electron chi connectivity index (χ3n) is 17.1. The number of hydrogen-bond acceptors (Lipinski definition) is 6. The Hall–Kier alpha value is -2.51. The van der Waals surface area contributed by atoms with Crippen molar-refractivity contribution in [2.45, 2.75) is 152 Å². The van der Waals surface area contributed by atoms with Crippen molar-refractivity contribution in [3.8, 4) is 0 Å². The predicted molar refractivity (Wildman–Crippen MR) is 207 cm³/mol. The molecule has 1 aliphatic heterocycles. The van der Waals surface area contributed by atoms with Crippen LogP contribution in [0.4, 0.5) is 0 Å². The number of fused-ring (bicyclic) bond motifs is 8. The molecule has 0 radical (unpaired) electrons. The molecule has 7 rings (SSSR count). The van der Waals surface area contributed by atoms with E-state index in [4.69, 9.17) is 4.74 Å². The van der Waals surface area contributed by atoms with Gasteiger partial charge in [0.05, 0.1) is 17.9 Å². The Bertz CT molecular complexity index is 1690. The third-order valence-corrected chi connectivity index (χ3v) is 17.1. The second-order valence-electron chi connectivity index (χ2n) is 20.8. The monoisotopic (exact) mass is 729 g/mol. The van der Waals surface area contributed by atoms with Crippen LogP contribution < -0.4 is 0 Å². The molecule has 0 saturated heterocycles. The van der Waals surface area contributed by atoms with E-state index in [1.54, 1.807) is 13.8 Å². The zero-order chi connectivity index (χ0) is 38.5. The van der Waals surface area contributed by atoms with Crippen molar-refractivity contribution in [2.75, 3.05) is 13.1 Å². The van der Waals surface area contributed by atoms with Crippen LogP contribution in [0.3, 0.4) is 0 Å². The summed E-state index contributed by atoms with van der Waals surface area (Å²) in [6.07, 6.45) is 8.49. The van der Waals surface area contributed by atoms with Crippen molar-refractivity contribution in [1.82, 2.24) is 4.90 Å². The van der Waals surface area contributed by atoms with E-state index >= 15 is 0 Å². The normalized spacial score (nSPS) is 38.7. The number of allylic oxidation sites excluding steroid dienone is 1. The maximum absolute atomic E-state index is 14.2. The number of carbonyl (C=O) groups excluding carboxylic acids is 2. The van der Waals surface area contributed by atoms with Crippen LogP contribution in [-0.2, 0) is 32.1 Å². The Balaban J connectivity index is 1.16. The number of Topliss-reactive ketones (excluding diaryl/α,β-unsaturated/α-hetero) is 1. The molecule has 5 aliphatic carbocycles. The van der Waals surface area contributed by atoms with Crippen LogP contribution in [0.25, 0.3) is 0 Å². The largest absolute Gasteiger partial charge is 0.481 e. The molecule has 0 spiro atoms. The second kappa shape index (κ2) is 13.0. The highest BCUT2D eigenvalue weighted by atomic mass is 16.5. The molecule has 4 saturated carbocycles. The van der Waals surface area contributed by atoms with Crippen LogP contribution in [-0.4, -0.2) is 58.1 Å². The number of aliphatic carboxylic acids is 1. The fraction of sp³-hybridized carbons (Fsp3) is 0.761. The molecule has 0 aromatic heterocycles. The van der Waals surface area contributed by atoms with E-state index in [1.165, 1.54) is 16.7 Å². The average molecular weight is 730 g/mol. The van der Waals surface area contributed by atoms with E-state index < -0.39 is 28.9 Å². The third kappa shape index (κ3) is 5.82. The number of esters is 1. The van der Waals surface area contributed by atoms with Gasteiger partial charge in [0.15, 0.2) is 5.78 Å². The molecule has 2 N–H and O–H groups in total. The number of carbonyl (C=O) groups is 3. The molecule has 1 aromatic carbocycles. The summed E-state index contributed by atoms with van der Waals surface area (Å²) in [7, 11) is 0. The van der Waals surface area contributed by atoms with Gasteiger partial charge in [-0.1, -0.05) is 78.3 Å². The lowest BCUT2D eigenvalue weighted by Crippen LogP contribution is -2.66. The lowest BCUT2D eigenvalue weighted by atomic mass is 9.33. The van der Waals surface area contributed by atoms with Crippen molar-refractivity contribution in [3.63, 3.8) is 0 Å². The van der Waals surface area contributed by atoms with Crippen molar-refractivity contribution in [2.24, 2.45) is 56.2 Å². The number of carboxylic acids is 1. The van der Waals surface area contributed by atoms with Crippen molar-refractivity contribution in [3.05, 3.63) is 46.5 Å². The van der Waals surface area contributed by atoms with Crippen molar-refractivity contribution < 1.29 is 29.3 Å². The summed E-state index contributed by atoms with van der Waals surface area (Å²) >= 11 is 0. The number of benzene rings is 1. The molecule has 9 atom stereocenters. The SMILES string of the molecule is CC(C)C1=C2[C@H]3CC[C@@H]4[C@@]5(C)CC[C@H](OC(=O)CC(C)(C)C(=O)O)C(C)(C)[C@@H]5CC[C@@]4(C)[C@]3(C)CC[C@]2([C@H](O)CN2CCc3ccccc3C2)CC1=O. The van der Waals surface area contributed by atoms with Gasteiger partial charge in [0, 0.05) is 36.9 Å². The van der Waals surface area contributed by atoms with Gasteiger partial charge in [-0.25, -0.2) is 0 Å². The zero-order valence-electron chi connectivity index (χ0n) is 34.1. The van der Waals surface area contributed by atoms with Gasteiger partial charge >= 0.3 is 11.9 Å². The molecule has 0 unspecified atom stereocenters. The number of hydrogen-bond donors (Lipinski definition) is 2. The number of carboxylic acid groups (broad SMARTS) is 1. The molecule has 0 bridgehead atoms. The molecule has 1 aromatic rings. The van der Waals surface area contributed by atoms with Gasteiger partial charge in [-0.15, -0.1) is 0 Å². The average Bonchev–Trinajstić information content (AvgIpc) is 3.39. The smallest absolute Gasteiger partial charge is 0.309 e. The van der Waals surface area contributed by atoms with Crippen LogP contribution in [0.15, 0.2) is 35.4 Å². The standard InChI is InChI=1S/C46H67NO6/c1-28(2)38-32(48)24-46(35(49)27-47-23-18-29-12-10-11-13-30(29)26-47)22-21-44(8)31(39(38)46)14-15-34-43(7)19-17-36(53-37(50)25-41(3,4)40(51)52)42(5,6)33(43)16-20-45(34,44)9/h10-13,28,31,33-36,49H,14-27H2,1-9H3,(H,51,52)/t31-,33+,34-,35-,36+,43+,44-,45-,46-/m1/s1. The fourth-order valence-electron chi connectivity index (χ4n) is 14.0. The Labute approximate surface area is 318 Å². The number of aliphatic hydroxyl groups is 1. The highest BCUT2D eigenvalue weighted by molar-refractivity contribution is 6.00. The first-order chi connectivity index (χ1) is 24.7. The molecule has 4 fully saturated rings. The number of nitrogens with zero attached hydrogens (tertiary/aromatic N) is 1. The lowest BCUT2D eigenvalue weighted by molar-refractivity contribution is -0.235. The molecular weight excluding hydrogens is 663 g/mol. The maximum atomic E-state index is 14.2. The highest BCUT2D eigenvalue weighted by Crippen LogP contribution is 2.77. The van der Waals surface area contributed by atoms with Gasteiger partial charge in [0.1, 0.15) is 6.10 Å². The molecule has 53 heavy (non-hydrogen) atoms. The topological polar surface area (TPSA) is 104 Å². The number of β-amino-alcohol motifs (C(OH)–C–C–N with tert-alkyl or cyclic N) is 1. The minimum atomic E-state index is -1.16. The first kappa shape index (κ1) is 38.8. The van der Waals surface area contributed by atoms with Crippen LogP contribution in [0, 0.1) is 56.2 Å². The summed E-state index contributed by atoms with van der Waals surface area (Å²) in [4.78, 5) is 41.5. The van der Waals surface area contributed by atoms with Crippen molar-refractivity contribution in [1.29, 1.82) is 0 Å². The van der Waals surface area contributed by atoms with Crippen LogP contribution in [0.1, 0.15) is 138 Å². The molecule has 6 aliphatic rings. The second-order valence-corrected chi connectivity index (χ2v) is 20.8. The predicted octanol–water partition coefficient (Wildman–Crippen LogP) is 8.80. The summed E-state index contributed by atoms with van der Waals surface area (Å²) < 4.78 is 6.18. The fourth-order valence-corrected chi connectivity index (χ4v) is 14.0. The van der Waals surface area contributed by atoms with E-state index in [0.29, 0.717) is 24.8 Å². The molecule has 7 nitrogen and oxygen atoms in total. The molecule has 0 amide bonds. The van der Waals surface area contributed by atoms with Gasteiger partial charge in [0.25, 0.3) is 0 Å². The van der Waals surface area contributed by atoms with E-state index in [2.05, 4.69) is 77.6 Å². The van der Waals surface area contributed by atoms with Crippen LogP contribution >= 0.6 is 0 Å². The Morgan fingerprint density at radius 2 is 1.62 bits per heavy atom. The molecular formula is C46H67NO6. The van der Waals surface area contributed by atoms with Gasteiger partial charge in [-0.3, -0.25) is 19.3 Å². The lowest BCUT2D eigenvalue weighted by Gasteiger charge is -2.72. The van der Waals surface area contributed by atoms with Crippen molar-refractivity contribution >= 4 is 17.7 Å². The summed E-state index contributed by atoms with van der Waals surface area (Å²) in [5.74, 6) is 0.169. The number of rotatable bonds is 8. The number of ketones is 1. The van der Waals surface area contributed by atoms with Gasteiger partial charge in [0.2, 0.25) is 0 Å². The zero-order valence-corrected chi connectivity index (χ0v) is 34.1. The maximum Gasteiger partial charge on any atom is 0.309 e. The van der Waals surface area contributed by atoms with E-state index in [-0.39, 0.29) is 51.8 Å². The van der Waals surface area contributed by atoms with Gasteiger partial charge in [-0.05, 0) is 128 Å². The highest BCUT2D eigenvalue weighted by Gasteiger charge is 2.71. The quantitative estimate of drug-likeness (QED) is 0.258. The first-order valence-corrected chi connectivity index (χ1v) is 20.9. The minimum Gasteiger partial charge on any atom is -0.481 e. The van der Waals surface area contributed by atoms with Crippen LogP contribution in [0.2, 0.25) is 0 Å². The van der Waals surface area contributed by atoms with Crippen LogP contribution in [0.5, 0.6) is 0 Å². The van der Waals surface area contributed by atoms with Gasteiger partial charge < -0.3 is 14.9 Å². The van der Waals surface area contributed by atoms with Gasteiger partial charge in [-0.2, -0.15) is 0 Å². The number of ether oxygens (including phenoxy) is 1. The van der Waals surface area contributed by atoms with E-state index in [1.807, 2.05) is 0 Å². The number of aliphatic hydroxyl groups excluding tert-OH is 1. The summed E-state index contributed by atoms with van der Waals surface area (Å²) in [6, 6.07) is 8.68. The molecule has 292 valence electrons. The summed E-state index contributed by atoms with van der Waals surface area (Å²) in [5.41, 5.74) is 3.41. The molecule has 1 heterocycles.